The molecule has 2 rings (SSSR count). The summed E-state index contributed by atoms with van der Waals surface area (Å²) >= 11 is 5.92. The normalized spacial score (nSPS) is 21.3. The lowest BCUT2D eigenvalue weighted by atomic mass is 9.91. The van der Waals surface area contributed by atoms with Gasteiger partial charge in [-0.15, -0.1) is 0 Å². The average molecular weight is 355 g/mol. The molecule has 134 valence electrons. The predicted octanol–water partition coefficient (Wildman–Crippen LogP) is 3.97. The van der Waals surface area contributed by atoms with Crippen LogP contribution in [0.25, 0.3) is 0 Å². The van der Waals surface area contributed by atoms with Crippen molar-refractivity contribution in [3.8, 4) is 5.75 Å². The molecule has 0 spiro atoms. The van der Waals surface area contributed by atoms with Crippen LogP contribution >= 0.6 is 11.6 Å². The highest BCUT2D eigenvalue weighted by molar-refractivity contribution is 6.32. The molecule has 0 saturated heterocycles. The second-order valence-electron chi connectivity index (χ2n) is 7.36. The number of nitrogens with one attached hydrogen (secondary N) is 2. The van der Waals surface area contributed by atoms with Gasteiger partial charge in [-0.25, -0.2) is 4.79 Å². The maximum Gasteiger partial charge on any atom is 0.407 e. The third-order valence-electron chi connectivity index (χ3n) is 4.05. The van der Waals surface area contributed by atoms with Crippen molar-refractivity contribution in [1.29, 1.82) is 0 Å². The van der Waals surface area contributed by atoms with Crippen LogP contribution < -0.4 is 10.6 Å². The van der Waals surface area contributed by atoms with Gasteiger partial charge in [0.05, 0.1) is 5.02 Å². The molecule has 0 aromatic heterocycles. The van der Waals surface area contributed by atoms with E-state index in [0.29, 0.717) is 11.1 Å². The zero-order valence-electron chi connectivity index (χ0n) is 14.6. The number of rotatable bonds is 4. The Morgan fingerprint density at radius 3 is 2.46 bits per heavy atom. The summed E-state index contributed by atoms with van der Waals surface area (Å²) in [7, 11) is 0. The molecule has 0 bridgehead atoms. The van der Waals surface area contributed by atoms with Crippen LogP contribution in [0.3, 0.4) is 0 Å². The Labute approximate surface area is 148 Å². The van der Waals surface area contributed by atoms with Crippen LogP contribution in [-0.2, 0) is 11.3 Å². The Kier molecular flexibility index (Phi) is 6.35. The summed E-state index contributed by atoms with van der Waals surface area (Å²) in [5, 5.41) is 16.3. The molecule has 3 N–H and O–H groups in total. The molecule has 1 aliphatic rings. The number of hydrogen-bond donors (Lipinski definition) is 3. The molecular formula is C18H27ClN2O3. The Bertz CT molecular complexity index is 564. The van der Waals surface area contributed by atoms with Crippen LogP contribution in [0.5, 0.6) is 5.75 Å². The first-order valence-corrected chi connectivity index (χ1v) is 8.81. The van der Waals surface area contributed by atoms with E-state index in [2.05, 4.69) is 10.6 Å². The minimum atomic E-state index is -0.464. The maximum atomic E-state index is 11.8. The predicted molar refractivity (Wildman–Crippen MR) is 95.4 cm³/mol. The Hall–Kier alpha value is -1.46. The molecular weight excluding hydrogens is 328 g/mol. The fourth-order valence-electron chi connectivity index (χ4n) is 2.84. The standard InChI is InChI=1S/C18H27ClN2O3/c1-18(2,3)24-17(23)21-14-7-5-13(6-8-14)20-11-12-4-9-16(22)15(19)10-12/h4,9-10,13-14,20,22H,5-8,11H2,1-3H3,(H,21,23). The van der Waals surface area contributed by atoms with E-state index in [4.69, 9.17) is 16.3 Å². The number of alkyl carbamates (subject to hydrolysis) is 1. The first-order chi connectivity index (χ1) is 11.2. The third kappa shape index (κ3) is 6.21. The Balaban J connectivity index is 1.71. The summed E-state index contributed by atoms with van der Waals surface area (Å²) in [5.41, 5.74) is 0.584. The van der Waals surface area contributed by atoms with Crippen LogP contribution in [0.15, 0.2) is 18.2 Å². The second-order valence-corrected chi connectivity index (χ2v) is 7.77. The zero-order valence-corrected chi connectivity index (χ0v) is 15.3. The molecule has 1 fully saturated rings. The van der Waals surface area contributed by atoms with Gasteiger partial charge in [-0.2, -0.15) is 0 Å². The summed E-state index contributed by atoms with van der Waals surface area (Å²) in [6.07, 6.45) is 3.55. The van der Waals surface area contributed by atoms with Crippen LogP contribution in [0.2, 0.25) is 5.02 Å². The highest BCUT2D eigenvalue weighted by Crippen LogP contribution is 2.24. The molecule has 24 heavy (non-hydrogen) atoms. The summed E-state index contributed by atoms with van der Waals surface area (Å²) in [6.45, 7) is 6.31. The number of hydrogen-bond acceptors (Lipinski definition) is 4. The Morgan fingerprint density at radius 2 is 1.88 bits per heavy atom. The van der Waals surface area contributed by atoms with E-state index in [1.165, 1.54) is 0 Å². The highest BCUT2D eigenvalue weighted by Gasteiger charge is 2.24. The first kappa shape index (κ1) is 18.9. The lowest BCUT2D eigenvalue weighted by Gasteiger charge is -2.30. The van der Waals surface area contributed by atoms with Crippen molar-refractivity contribution < 1.29 is 14.6 Å². The summed E-state index contributed by atoms with van der Waals surface area (Å²) in [5.74, 6) is 0.106. The molecule has 1 aliphatic carbocycles. The second kappa shape index (κ2) is 8.08. The zero-order chi connectivity index (χ0) is 17.7. The molecule has 6 heteroatoms. The molecule has 0 radical (unpaired) electrons. The number of carbonyl (C=O) groups is 1. The number of carbonyl (C=O) groups excluding carboxylic acids is 1. The minimum Gasteiger partial charge on any atom is -0.506 e. The van der Waals surface area contributed by atoms with Crippen LogP contribution in [0, 0.1) is 0 Å². The molecule has 0 heterocycles. The average Bonchev–Trinajstić information content (AvgIpc) is 2.48. The molecule has 5 nitrogen and oxygen atoms in total. The topological polar surface area (TPSA) is 70.6 Å². The number of phenolic OH excluding ortho intramolecular Hbond substituents is 1. The summed E-state index contributed by atoms with van der Waals surface area (Å²) < 4.78 is 5.29. The van der Waals surface area contributed by atoms with Gasteiger partial charge in [0.1, 0.15) is 11.4 Å². The van der Waals surface area contributed by atoms with Crippen LogP contribution in [0.4, 0.5) is 4.79 Å². The van der Waals surface area contributed by atoms with E-state index in [9.17, 15) is 9.90 Å². The van der Waals surface area contributed by atoms with Crippen molar-refractivity contribution in [2.24, 2.45) is 0 Å². The smallest absolute Gasteiger partial charge is 0.407 e. The first-order valence-electron chi connectivity index (χ1n) is 8.43. The fraction of sp³-hybridized carbons (Fsp3) is 0.611. The lowest BCUT2D eigenvalue weighted by molar-refractivity contribution is 0.0489. The van der Waals surface area contributed by atoms with Gasteiger partial charge >= 0.3 is 6.09 Å². The minimum absolute atomic E-state index is 0.106. The molecule has 1 amide bonds. The van der Waals surface area contributed by atoms with Gasteiger partial charge in [0, 0.05) is 18.6 Å². The lowest BCUT2D eigenvalue weighted by Crippen LogP contribution is -2.43. The van der Waals surface area contributed by atoms with E-state index in [-0.39, 0.29) is 17.9 Å². The highest BCUT2D eigenvalue weighted by atomic mass is 35.5. The molecule has 1 aromatic rings. The number of amides is 1. The molecule has 1 aromatic carbocycles. The van der Waals surface area contributed by atoms with Crippen LogP contribution in [0.1, 0.15) is 52.0 Å². The number of benzene rings is 1. The van der Waals surface area contributed by atoms with Crippen molar-refractivity contribution in [3.63, 3.8) is 0 Å². The largest absolute Gasteiger partial charge is 0.506 e. The fourth-order valence-corrected chi connectivity index (χ4v) is 3.04. The van der Waals surface area contributed by atoms with Crippen molar-refractivity contribution in [3.05, 3.63) is 28.8 Å². The summed E-state index contributed by atoms with van der Waals surface area (Å²) in [4.78, 5) is 11.8. The van der Waals surface area contributed by atoms with Gasteiger partial charge in [-0.3, -0.25) is 0 Å². The molecule has 0 unspecified atom stereocenters. The van der Waals surface area contributed by atoms with Gasteiger partial charge in [-0.1, -0.05) is 17.7 Å². The number of halogens is 1. The molecule has 0 atom stereocenters. The van der Waals surface area contributed by atoms with Crippen molar-refractivity contribution in [2.75, 3.05) is 0 Å². The third-order valence-corrected chi connectivity index (χ3v) is 4.36. The van der Waals surface area contributed by atoms with E-state index in [1.54, 1.807) is 12.1 Å². The number of ether oxygens (including phenoxy) is 1. The van der Waals surface area contributed by atoms with Gasteiger partial charge in [-0.05, 0) is 64.2 Å². The summed E-state index contributed by atoms with van der Waals surface area (Å²) in [6, 6.07) is 5.86. The van der Waals surface area contributed by atoms with Gasteiger partial charge in [0.2, 0.25) is 0 Å². The maximum absolute atomic E-state index is 11.8. The van der Waals surface area contributed by atoms with E-state index < -0.39 is 5.60 Å². The van der Waals surface area contributed by atoms with Gasteiger partial charge < -0.3 is 20.5 Å². The number of aromatic hydroxyl groups is 1. The van der Waals surface area contributed by atoms with Gasteiger partial charge in [0.25, 0.3) is 0 Å². The van der Waals surface area contributed by atoms with E-state index >= 15 is 0 Å². The monoisotopic (exact) mass is 354 g/mol. The molecule has 0 aliphatic heterocycles. The quantitative estimate of drug-likeness (QED) is 0.765. The van der Waals surface area contributed by atoms with Crippen molar-refractivity contribution in [1.82, 2.24) is 10.6 Å². The van der Waals surface area contributed by atoms with Crippen molar-refractivity contribution >= 4 is 17.7 Å². The van der Waals surface area contributed by atoms with E-state index in [0.717, 1.165) is 37.8 Å². The van der Waals surface area contributed by atoms with Gasteiger partial charge in [0.15, 0.2) is 0 Å². The Morgan fingerprint density at radius 1 is 1.25 bits per heavy atom. The number of phenols is 1. The molecule has 1 saturated carbocycles. The van der Waals surface area contributed by atoms with Crippen molar-refractivity contribution in [2.45, 2.75) is 70.7 Å². The van der Waals surface area contributed by atoms with Crippen LogP contribution in [-0.4, -0.2) is 28.9 Å². The van der Waals surface area contributed by atoms with E-state index in [1.807, 2.05) is 26.8 Å². The SMILES string of the molecule is CC(C)(C)OC(=O)NC1CCC(NCc2ccc(O)c(Cl)c2)CC1.